The average Bonchev–Trinajstić information content (AvgIpc) is 2.67. The van der Waals surface area contributed by atoms with Gasteiger partial charge in [-0.15, -0.1) is 0 Å². The first-order chi connectivity index (χ1) is 13.8. The minimum absolute atomic E-state index is 0.253. The molecule has 1 aliphatic rings. The lowest BCUT2D eigenvalue weighted by Gasteiger charge is -2.33. The topological polar surface area (TPSA) is 93.0 Å². The van der Waals surface area contributed by atoms with Gasteiger partial charge in [-0.25, -0.2) is 8.42 Å². The molecule has 0 radical (unpaired) electrons. The van der Waals surface area contributed by atoms with Crippen molar-refractivity contribution >= 4 is 15.7 Å². The monoisotopic (exact) mass is 419 g/mol. The van der Waals surface area contributed by atoms with Crippen molar-refractivity contribution in [2.45, 2.75) is 18.7 Å². The van der Waals surface area contributed by atoms with Crippen molar-refractivity contribution in [2.24, 2.45) is 0 Å². The molecule has 0 bridgehead atoms. The van der Waals surface area contributed by atoms with Crippen molar-refractivity contribution in [3.63, 3.8) is 0 Å². The van der Waals surface area contributed by atoms with E-state index in [0.29, 0.717) is 26.2 Å². The summed E-state index contributed by atoms with van der Waals surface area (Å²) in [6, 6.07) is 11.5. The van der Waals surface area contributed by atoms with E-state index in [1.165, 1.54) is 28.6 Å². The minimum Gasteiger partial charge on any atom is -0.492 e. The van der Waals surface area contributed by atoms with Crippen molar-refractivity contribution in [1.29, 1.82) is 0 Å². The zero-order valence-corrected chi connectivity index (χ0v) is 17.4. The Morgan fingerprint density at radius 2 is 1.66 bits per heavy atom. The van der Waals surface area contributed by atoms with Crippen molar-refractivity contribution < 1.29 is 18.1 Å². The van der Waals surface area contributed by atoms with Gasteiger partial charge in [-0.1, -0.05) is 18.2 Å². The predicted octanol–water partition coefficient (Wildman–Crippen LogP) is 2.60. The van der Waals surface area contributed by atoms with Gasteiger partial charge >= 0.3 is 0 Å². The fourth-order valence-electron chi connectivity index (χ4n) is 3.47. The number of nitro groups is 1. The van der Waals surface area contributed by atoms with Crippen LogP contribution in [0, 0.1) is 24.0 Å². The molecule has 8 nitrogen and oxygen atoms in total. The van der Waals surface area contributed by atoms with Gasteiger partial charge in [-0.05, 0) is 43.2 Å². The molecule has 0 saturated carbocycles. The van der Waals surface area contributed by atoms with E-state index >= 15 is 0 Å². The lowest BCUT2D eigenvalue weighted by Crippen LogP contribution is -2.49. The van der Waals surface area contributed by atoms with Crippen LogP contribution in [0.5, 0.6) is 5.75 Å². The third-order valence-corrected chi connectivity index (χ3v) is 6.83. The van der Waals surface area contributed by atoms with Crippen LogP contribution in [0.4, 0.5) is 5.69 Å². The minimum atomic E-state index is -3.90. The van der Waals surface area contributed by atoms with Gasteiger partial charge in [0.2, 0.25) is 10.0 Å². The lowest BCUT2D eigenvalue weighted by molar-refractivity contribution is -0.387. The molecular weight excluding hydrogens is 394 g/mol. The smallest absolute Gasteiger partial charge is 0.289 e. The summed E-state index contributed by atoms with van der Waals surface area (Å²) in [5, 5.41) is 11.2. The SMILES string of the molecule is Cc1cc(C)cc(OCCN2CCN(S(=O)(=O)c3ccccc3[N+](=O)[O-])CC2)c1. The van der Waals surface area contributed by atoms with Crippen molar-refractivity contribution in [3.8, 4) is 5.75 Å². The summed E-state index contributed by atoms with van der Waals surface area (Å²) in [6.45, 7) is 6.93. The van der Waals surface area contributed by atoms with Gasteiger partial charge in [0.15, 0.2) is 4.90 Å². The molecular formula is C20H25N3O5S. The molecule has 156 valence electrons. The first kappa shape index (κ1) is 21.2. The predicted molar refractivity (Wildman–Crippen MR) is 110 cm³/mol. The third kappa shape index (κ3) is 5.11. The zero-order chi connectivity index (χ0) is 21.0. The number of nitrogens with zero attached hydrogens (tertiary/aromatic N) is 3. The first-order valence-corrected chi connectivity index (χ1v) is 10.9. The van der Waals surface area contributed by atoms with Gasteiger partial charge in [0.1, 0.15) is 12.4 Å². The molecule has 9 heteroatoms. The highest BCUT2D eigenvalue weighted by Gasteiger charge is 2.33. The Morgan fingerprint density at radius 3 is 2.28 bits per heavy atom. The van der Waals surface area contributed by atoms with E-state index in [4.69, 9.17) is 4.74 Å². The van der Waals surface area contributed by atoms with Crippen LogP contribution in [0.25, 0.3) is 0 Å². The molecule has 0 aromatic heterocycles. The molecule has 1 heterocycles. The third-order valence-electron chi connectivity index (χ3n) is 4.88. The molecule has 0 N–H and O–H groups in total. The molecule has 0 unspecified atom stereocenters. The van der Waals surface area contributed by atoms with Crippen LogP contribution in [0.1, 0.15) is 11.1 Å². The molecule has 0 atom stereocenters. The summed E-state index contributed by atoms with van der Waals surface area (Å²) >= 11 is 0. The highest BCUT2D eigenvalue weighted by Crippen LogP contribution is 2.27. The molecule has 1 saturated heterocycles. The number of benzene rings is 2. The van der Waals surface area contributed by atoms with Gasteiger partial charge in [0.25, 0.3) is 5.69 Å². The van der Waals surface area contributed by atoms with Crippen LogP contribution in [-0.2, 0) is 10.0 Å². The molecule has 1 fully saturated rings. The largest absolute Gasteiger partial charge is 0.492 e. The first-order valence-electron chi connectivity index (χ1n) is 9.44. The van der Waals surface area contributed by atoms with E-state index in [0.717, 1.165) is 16.9 Å². The summed E-state index contributed by atoms with van der Waals surface area (Å²) in [5.74, 6) is 0.833. The Morgan fingerprint density at radius 1 is 1.03 bits per heavy atom. The van der Waals surface area contributed by atoms with Gasteiger partial charge in [-0.2, -0.15) is 4.31 Å². The van der Waals surface area contributed by atoms with E-state index in [1.54, 1.807) is 0 Å². The number of ether oxygens (including phenoxy) is 1. The van der Waals surface area contributed by atoms with Crippen LogP contribution >= 0.6 is 0 Å². The van der Waals surface area contributed by atoms with Crippen molar-refractivity contribution in [3.05, 3.63) is 63.7 Å². The molecule has 2 aromatic carbocycles. The zero-order valence-electron chi connectivity index (χ0n) is 16.6. The van der Waals surface area contributed by atoms with Crippen LogP contribution in [-0.4, -0.2) is 61.9 Å². The fourth-order valence-corrected chi connectivity index (χ4v) is 5.05. The van der Waals surface area contributed by atoms with Crippen molar-refractivity contribution in [2.75, 3.05) is 39.3 Å². The van der Waals surface area contributed by atoms with Gasteiger partial charge in [-0.3, -0.25) is 15.0 Å². The highest BCUT2D eigenvalue weighted by atomic mass is 32.2. The van der Waals surface area contributed by atoms with E-state index in [-0.39, 0.29) is 18.0 Å². The van der Waals surface area contributed by atoms with Gasteiger partial charge < -0.3 is 4.74 Å². The Hall–Kier alpha value is -2.49. The summed E-state index contributed by atoms with van der Waals surface area (Å²) < 4.78 is 32.9. The molecule has 3 rings (SSSR count). The molecule has 0 spiro atoms. The van der Waals surface area contributed by atoms with E-state index in [1.807, 2.05) is 26.0 Å². The Kier molecular flexibility index (Phi) is 6.51. The van der Waals surface area contributed by atoms with E-state index < -0.39 is 20.6 Å². The maximum absolute atomic E-state index is 12.9. The summed E-state index contributed by atoms with van der Waals surface area (Å²) in [6.07, 6.45) is 0. The number of hydrogen-bond donors (Lipinski definition) is 0. The Bertz CT molecular complexity index is 965. The maximum atomic E-state index is 12.9. The number of aryl methyl sites for hydroxylation is 2. The van der Waals surface area contributed by atoms with E-state index in [9.17, 15) is 18.5 Å². The van der Waals surface area contributed by atoms with Crippen LogP contribution in [0.3, 0.4) is 0 Å². The second-order valence-electron chi connectivity index (χ2n) is 7.14. The number of rotatable bonds is 7. The lowest BCUT2D eigenvalue weighted by atomic mass is 10.1. The molecule has 0 aliphatic carbocycles. The number of para-hydroxylation sites is 1. The van der Waals surface area contributed by atoms with Gasteiger partial charge in [0, 0.05) is 38.8 Å². The number of hydrogen-bond acceptors (Lipinski definition) is 6. The standard InChI is InChI=1S/C20H25N3O5S/c1-16-13-17(2)15-18(14-16)28-12-11-21-7-9-22(10-8-21)29(26,27)20-6-4-3-5-19(20)23(24)25/h3-6,13-15H,7-12H2,1-2H3. The molecule has 1 aliphatic heterocycles. The number of nitro benzene ring substituents is 1. The number of piperazine rings is 1. The molecule has 29 heavy (non-hydrogen) atoms. The van der Waals surface area contributed by atoms with Crippen molar-refractivity contribution in [1.82, 2.24) is 9.21 Å². The van der Waals surface area contributed by atoms with Crippen LogP contribution in [0.15, 0.2) is 47.4 Å². The summed E-state index contributed by atoms with van der Waals surface area (Å²) in [4.78, 5) is 12.4. The molecule has 0 amide bonds. The average molecular weight is 420 g/mol. The Labute approximate surface area is 170 Å². The number of sulfonamides is 1. The van der Waals surface area contributed by atoms with E-state index in [2.05, 4.69) is 11.0 Å². The summed E-state index contributed by atoms with van der Waals surface area (Å²) in [5.41, 5.74) is 1.90. The second-order valence-corrected chi connectivity index (χ2v) is 9.05. The Balaban J connectivity index is 1.55. The normalized spacial score (nSPS) is 15.9. The molecule has 2 aromatic rings. The quantitative estimate of drug-likeness (QED) is 0.506. The maximum Gasteiger partial charge on any atom is 0.289 e. The fraction of sp³-hybridized carbons (Fsp3) is 0.400. The van der Waals surface area contributed by atoms with Crippen LogP contribution < -0.4 is 4.74 Å². The highest BCUT2D eigenvalue weighted by molar-refractivity contribution is 7.89. The van der Waals surface area contributed by atoms with Gasteiger partial charge in [0.05, 0.1) is 4.92 Å². The summed E-state index contributed by atoms with van der Waals surface area (Å²) in [7, 11) is -3.90. The van der Waals surface area contributed by atoms with Crippen LogP contribution in [0.2, 0.25) is 0 Å². The second kappa shape index (κ2) is 8.89.